The van der Waals surface area contributed by atoms with Crippen LogP contribution in [-0.4, -0.2) is 33.2 Å². The Morgan fingerprint density at radius 1 is 1.48 bits per heavy atom. The molecule has 1 fully saturated rings. The van der Waals surface area contributed by atoms with Crippen LogP contribution in [-0.2, 0) is 11.8 Å². The van der Waals surface area contributed by atoms with Crippen LogP contribution in [0.5, 0.6) is 0 Å². The summed E-state index contributed by atoms with van der Waals surface area (Å²) in [5, 5.41) is 5.86. The minimum Gasteiger partial charge on any atom is -0.372 e. The number of urea groups is 1. The second-order valence-corrected chi connectivity index (χ2v) is 5.79. The summed E-state index contributed by atoms with van der Waals surface area (Å²) in [5.74, 6) is 0. The van der Waals surface area contributed by atoms with Crippen LogP contribution < -0.4 is 10.6 Å². The summed E-state index contributed by atoms with van der Waals surface area (Å²) in [6.45, 7) is 2.51. The molecule has 7 heteroatoms. The molecule has 3 rings (SSSR count). The van der Waals surface area contributed by atoms with Crippen LogP contribution in [0, 0.1) is 6.92 Å². The number of nitrogens with zero attached hydrogens (tertiary/aromatic N) is 3. The van der Waals surface area contributed by atoms with Crippen molar-refractivity contribution in [1.29, 1.82) is 0 Å². The number of rotatable bonds is 3. The molecule has 0 aromatic carbocycles. The number of hydrogen-bond acceptors (Lipinski definition) is 4. The molecule has 3 heterocycles. The van der Waals surface area contributed by atoms with E-state index < -0.39 is 0 Å². The van der Waals surface area contributed by atoms with Gasteiger partial charge < -0.3 is 19.9 Å². The predicted octanol–water partition coefficient (Wildman–Crippen LogP) is 2.17. The number of pyridine rings is 1. The van der Waals surface area contributed by atoms with Gasteiger partial charge in [-0.2, -0.15) is 0 Å². The van der Waals surface area contributed by atoms with E-state index >= 15 is 0 Å². The third-order valence-corrected chi connectivity index (χ3v) is 3.96. The number of aromatic nitrogens is 3. The van der Waals surface area contributed by atoms with E-state index in [1.54, 1.807) is 18.6 Å². The first-order chi connectivity index (χ1) is 11.1. The molecule has 0 radical (unpaired) electrons. The molecule has 0 saturated carbocycles. The third kappa shape index (κ3) is 3.87. The zero-order valence-corrected chi connectivity index (χ0v) is 13.3. The standard InChI is InChI=1S/C16H21N5O2/c1-11-7-12(3-5-18-11)19-16(22)20-13-4-6-23-15(8-13)14-9-17-10-21(14)2/h3,5,7,9-10,13,15H,4,6,8H2,1-2H3,(H2,18,19,20,22)/t13-,15-/m1/s1. The lowest BCUT2D eigenvalue weighted by atomic mass is 10.0. The molecule has 1 aliphatic heterocycles. The highest BCUT2D eigenvalue weighted by Crippen LogP contribution is 2.27. The van der Waals surface area contributed by atoms with Crippen molar-refractivity contribution < 1.29 is 9.53 Å². The van der Waals surface area contributed by atoms with Crippen LogP contribution in [0.15, 0.2) is 30.9 Å². The number of hydrogen-bond donors (Lipinski definition) is 2. The van der Waals surface area contributed by atoms with E-state index in [9.17, 15) is 4.79 Å². The van der Waals surface area contributed by atoms with Crippen molar-refractivity contribution in [3.63, 3.8) is 0 Å². The molecule has 1 saturated heterocycles. The molecule has 122 valence electrons. The number of amides is 2. The van der Waals surface area contributed by atoms with Gasteiger partial charge in [-0.25, -0.2) is 9.78 Å². The van der Waals surface area contributed by atoms with Gasteiger partial charge in [0.05, 0.1) is 18.2 Å². The van der Waals surface area contributed by atoms with Crippen molar-refractivity contribution in [2.24, 2.45) is 7.05 Å². The lowest BCUT2D eigenvalue weighted by molar-refractivity contribution is -0.00151. The Hall–Kier alpha value is -2.41. The SMILES string of the molecule is Cc1cc(NC(=O)N[C@@H]2CCO[C@@H](c3cncn3C)C2)ccn1. The lowest BCUT2D eigenvalue weighted by Gasteiger charge is -2.30. The molecular weight excluding hydrogens is 294 g/mol. The summed E-state index contributed by atoms with van der Waals surface area (Å²) in [6, 6.07) is 3.48. The number of ether oxygens (including phenoxy) is 1. The molecule has 2 aromatic rings. The average molecular weight is 315 g/mol. The van der Waals surface area contributed by atoms with E-state index in [0.29, 0.717) is 6.61 Å². The largest absolute Gasteiger partial charge is 0.372 e. The van der Waals surface area contributed by atoms with E-state index in [1.807, 2.05) is 30.8 Å². The van der Waals surface area contributed by atoms with Crippen molar-refractivity contribution in [1.82, 2.24) is 19.9 Å². The summed E-state index contributed by atoms with van der Waals surface area (Å²) in [7, 11) is 1.95. The fraction of sp³-hybridized carbons (Fsp3) is 0.438. The van der Waals surface area contributed by atoms with E-state index in [1.165, 1.54) is 0 Å². The summed E-state index contributed by atoms with van der Waals surface area (Å²) in [6.07, 6.45) is 6.75. The average Bonchev–Trinajstić information content (AvgIpc) is 2.93. The second-order valence-electron chi connectivity index (χ2n) is 5.79. The van der Waals surface area contributed by atoms with E-state index in [4.69, 9.17) is 4.74 Å². The first-order valence-corrected chi connectivity index (χ1v) is 7.70. The zero-order chi connectivity index (χ0) is 16.2. The summed E-state index contributed by atoms with van der Waals surface area (Å²) < 4.78 is 7.76. The van der Waals surface area contributed by atoms with Gasteiger partial charge in [-0.1, -0.05) is 0 Å². The number of anilines is 1. The maximum absolute atomic E-state index is 12.2. The van der Waals surface area contributed by atoms with Gasteiger partial charge in [0.1, 0.15) is 6.10 Å². The smallest absolute Gasteiger partial charge is 0.319 e. The molecule has 2 atom stereocenters. The minimum absolute atomic E-state index is 0.0373. The van der Waals surface area contributed by atoms with Gasteiger partial charge in [0, 0.05) is 37.3 Å². The first-order valence-electron chi connectivity index (χ1n) is 7.70. The van der Waals surface area contributed by atoms with Crippen LogP contribution in [0.4, 0.5) is 10.5 Å². The topological polar surface area (TPSA) is 81.1 Å². The quantitative estimate of drug-likeness (QED) is 0.909. The maximum Gasteiger partial charge on any atom is 0.319 e. The summed E-state index contributed by atoms with van der Waals surface area (Å²) >= 11 is 0. The Balaban J connectivity index is 1.57. The fourth-order valence-corrected chi connectivity index (χ4v) is 2.79. The number of nitrogens with one attached hydrogen (secondary N) is 2. The molecule has 1 aliphatic rings. The Kier molecular flexibility index (Phi) is 4.57. The van der Waals surface area contributed by atoms with Crippen LogP contribution in [0.2, 0.25) is 0 Å². The van der Waals surface area contributed by atoms with Crippen molar-refractivity contribution in [3.8, 4) is 0 Å². The van der Waals surface area contributed by atoms with Crippen LogP contribution >= 0.6 is 0 Å². The monoisotopic (exact) mass is 315 g/mol. The summed E-state index contributed by atoms with van der Waals surface area (Å²) in [5.41, 5.74) is 2.64. The fourth-order valence-electron chi connectivity index (χ4n) is 2.79. The molecule has 0 spiro atoms. The molecule has 0 unspecified atom stereocenters. The predicted molar refractivity (Wildman–Crippen MR) is 86.1 cm³/mol. The maximum atomic E-state index is 12.2. The molecule has 0 bridgehead atoms. The summed E-state index contributed by atoms with van der Waals surface area (Å²) in [4.78, 5) is 20.4. The van der Waals surface area contributed by atoms with Gasteiger partial charge in [-0.15, -0.1) is 0 Å². The lowest BCUT2D eigenvalue weighted by Crippen LogP contribution is -2.42. The van der Waals surface area contributed by atoms with Gasteiger partial charge >= 0.3 is 6.03 Å². The van der Waals surface area contributed by atoms with Crippen molar-refractivity contribution in [3.05, 3.63) is 42.2 Å². The number of carbonyl (C=O) groups excluding carboxylic acids is 1. The highest BCUT2D eigenvalue weighted by atomic mass is 16.5. The second kappa shape index (κ2) is 6.78. The minimum atomic E-state index is -0.203. The number of aryl methyl sites for hydroxylation is 2. The van der Waals surface area contributed by atoms with Gasteiger partial charge in [0.25, 0.3) is 0 Å². The van der Waals surface area contributed by atoms with E-state index in [2.05, 4.69) is 20.6 Å². The van der Waals surface area contributed by atoms with Crippen molar-refractivity contribution in [2.75, 3.05) is 11.9 Å². The van der Waals surface area contributed by atoms with Gasteiger partial charge in [0.2, 0.25) is 0 Å². The Labute approximate surface area is 135 Å². The highest BCUT2D eigenvalue weighted by molar-refractivity contribution is 5.89. The molecule has 7 nitrogen and oxygen atoms in total. The molecule has 2 N–H and O–H groups in total. The van der Waals surface area contributed by atoms with E-state index in [0.717, 1.165) is 29.9 Å². The normalized spacial score (nSPS) is 21.0. The van der Waals surface area contributed by atoms with Gasteiger partial charge in [-0.3, -0.25) is 4.98 Å². The molecule has 0 aliphatic carbocycles. The van der Waals surface area contributed by atoms with Crippen molar-refractivity contribution in [2.45, 2.75) is 31.9 Å². The molecular formula is C16H21N5O2. The molecule has 2 amide bonds. The van der Waals surface area contributed by atoms with Crippen LogP contribution in [0.25, 0.3) is 0 Å². The zero-order valence-electron chi connectivity index (χ0n) is 13.3. The first kappa shape index (κ1) is 15.5. The van der Waals surface area contributed by atoms with Crippen LogP contribution in [0.3, 0.4) is 0 Å². The highest BCUT2D eigenvalue weighted by Gasteiger charge is 2.26. The number of carbonyl (C=O) groups is 1. The van der Waals surface area contributed by atoms with Gasteiger partial charge in [0.15, 0.2) is 0 Å². The van der Waals surface area contributed by atoms with Crippen molar-refractivity contribution >= 4 is 11.7 Å². The molecule has 23 heavy (non-hydrogen) atoms. The Bertz CT molecular complexity index is 685. The number of imidazole rings is 1. The third-order valence-electron chi connectivity index (χ3n) is 3.96. The molecule has 2 aromatic heterocycles. The van der Waals surface area contributed by atoms with Gasteiger partial charge in [-0.05, 0) is 31.9 Å². The Morgan fingerprint density at radius 3 is 3.09 bits per heavy atom. The van der Waals surface area contributed by atoms with Crippen LogP contribution in [0.1, 0.15) is 30.3 Å². The van der Waals surface area contributed by atoms with E-state index in [-0.39, 0.29) is 18.2 Å². The Morgan fingerprint density at radius 2 is 2.35 bits per heavy atom.